The molecule has 134 valence electrons. The Morgan fingerprint density at radius 3 is 2.48 bits per heavy atom. The van der Waals surface area contributed by atoms with Crippen LogP contribution in [0.4, 0.5) is 11.5 Å². The summed E-state index contributed by atoms with van der Waals surface area (Å²) in [7, 11) is 3.06. The molecule has 0 saturated carbocycles. The maximum Gasteiger partial charge on any atom is 0.226 e. The molecular formula is C17H21N3O5. The first-order chi connectivity index (χ1) is 11.9. The molecule has 0 aliphatic rings. The molecular weight excluding hydrogens is 326 g/mol. The van der Waals surface area contributed by atoms with Gasteiger partial charge in [-0.05, 0) is 19.1 Å². The molecule has 1 N–H and O–H groups in total. The molecule has 0 radical (unpaired) electrons. The van der Waals surface area contributed by atoms with Crippen molar-refractivity contribution in [2.24, 2.45) is 0 Å². The summed E-state index contributed by atoms with van der Waals surface area (Å²) < 4.78 is 15.3. The van der Waals surface area contributed by atoms with Gasteiger partial charge in [-0.15, -0.1) is 0 Å². The van der Waals surface area contributed by atoms with Crippen LogP contribution in [0.1, 0.15) is 19.1 Å². The van der Waals surface area contributed by atoms with Gasteiger partial charge in [0.1, 0.15) is 5.76 Å². The van der Waals surface area contributed by atoms with Crippen molar-refractivity contribution in [3.63, 3.8) is 0 Å². The Bertz CT molecular complexity index is 756. The van der Waals surface area contributed by atoms with Crippen molar-refractivity contribution in [3.05, 3.63) is 30.0 Å². The summed E-state index contributed by atoms with van der Waals surface area (Å²) in [5.41, 5.74) is 0.578. The van der Waals surface area contributed by atoms with E-state index in [0.29, 0.717) is 28.8 Å². The number of carbonyl (C=O) groups excluding carboxylic acids is 2. The van der Waals surface area contributed by atoms with E-state index in [1.807, 2.05) is 0 Å². The largest absolute Gasteiger partial charge is 0.493 e. The summed E-state index contributed by atoms with van der Waals surface area (Å²) in [6.07, 6.45) is 0.111. The predicted octanol–water partition coefficient (Wildman–Crippen LogP) is 2.38. The van der Waals surface area contributed by atoms with Crippen molar-refractivity contribution in [3.8, 4) is 11.5 Å². The highest BCUT2D eigenvalue weighted by Gasteiger charge is 2.17. The average Bonchev–Trinajstić information content (AvgIpc) is 3.00. The van der Waals surface area contributed by atoms with Crippen LogP contribution in [-0.2, 0) is 9.59 Å². The van der Waals surface area contributed by atoms with E-state index in [4.69, 9.17) is 14.0 Å². The van der Waals surface area contributed by atoms with E-state index in [1.165, 1.54) is 26.0 Å². The lowest BCUT2D eigenvalue weighted by Crippen LogP contribution is -2.32. The molecule has 8 heteroatoms. The smallest absolute Gasteiger partial charge is 0.226 e. The summed E-state index contributed by atoms with van der Waals surface area (Å²) in [4.78, 5) is 25.3. The van der Waals surface area contributed by atoms with Gasteiger partial charge < -0.3 is 19.3 Å². The predicted molar refractivity (Wildman–Crippen MR) is 92.1 cm³/mol. The molecule has 0 bridgehead atoms. The Morgan fingerprint density at radius 2 is 1.92 bits per heavy atom. The number of methoxy groups -OCH3 is 2. The van der Waals surface area contributed by atoms with Gasteiger partial charge in [0.05, 0.1) is 14.2 Å². The van der Waals surface area contributed by atoms with E-state index in [9.17, 15) is 9.59 Å². The van der Waals surface area contributed by atoms with Gasteiger partial charge in [-0.2, -0.15) is 0 Å². The minimum absolute atomic E-state index is 0.111. The van der Waals surface area contributed by atoms with Gasteiger partial charge in [0, 0.05) is 37.7 Å². The van der Waals surface area contributed by atoms with E-state index in [1.54, 1.807) is 31.2 Å². The van der Waals surface area contributed by atoms with Gasteiger partial charge in [0.25, 0.3) is 0 Å². The molecule has 1 aromatic heterocycles. The van der Waals surface area contributed by atoms with Crippen molar-refractivity contribution in [1.29, 1.82) is 0 Å². The van der Waals surface area contributed by atoms with Crippen LogP contribution in [0, 0.1) is 6.92 Å². The van der Waals surface area contributed by atoms with Crippen LogP contribution in [0.3, 0.4) is 0 Å². The molecule has 25 heavy (non-hydrogen) atoms. The fraction of sp³-hybridized carbons (Fsp3) is 0.353. The topological polar surface area (TPSA) is 93.9 Å². The zero-order valence-electron chi connectivity index (χ0n) is 14.7. The van der Waals surface area contributed by atoms with Gasteiger partial charge in [0.15, 0.2) is 17.3 Å². The maximum atomic E-state index is 12.2. The lowest BCUT2D eigenvalue weighted by atomic mass is 10.2. The number of nitrogens with one attached hydrogen (secondary N) is 1. The summed E-state index contributed by atoms with van der Waals surface area (Å²) >= 11 is 0. The SMILES string of the molecule is COc1ccc(NC(=O)CCN(C(C)=O)c2cc(C)on2)cc1OC. The minimum atomic E-state index is -0.237. The number of benzene rings is 1. The third-order valence-corrected chi connectivity index (χ3v) is 3.50. The van der Waals surface area contributed by atoms with Crippen molar-refractivity contribution in [2.45, 2.75) is 20.3 Å². The van der Waals surface area contributed by atoms with E-state index >= 15 is 0 Å². The Morgan fingerprint density at radius 1 is 1.20 bits per heavy atom. The number of carbonyl (C=O) groups is 2. The molecule has 0 unspecified atom stereocenters. The van der Waals surface area contributed by atoms with E-state index in [2.05, 4.69) is 10.5 Å². The van der Waals surface area contributed by atoms with Crippen LogP contribution < -0.4 is 19.7 Å². The fourth-order valence-corrected chi connectivity index (χ4v) is 2.26. The van der Waals surface area contributed by atoms with Crippen molar-refractivity contribution in [2.75, 3.05) is 31.0 Å². The first-order valence-corrected chi connectivity index (χ1v) is 7.68. The van der Waals surface area contributed by atoms with Gasteiger partial charge in [-0.25, -0.2) is 0 Å². The van der Waals surface area contributed by atoms with E-state index in [0.717, 1.165) is 0 Å². The molecule has 1 heterocycles. The zero-order valence-corrected chi connectivity index (χ0v) is 14.7. The lowest BCUT2D eigenvalue weighted by Gasteiger charge is -2.17. The Balaban J connectivity index is 1.98. The third-order valence-electron chi connectivity index (χ3n) is 3.50. The molecule has 0 aliphatic carbocycles. The second kappa shape index (κ2) is 8.18. The second-order valence-corrected chi connectivity index (χ2v) is 5.33. The van der Waals surface area contributed by atoms with Crippen molar-refractivity contribution >= 4 is 23.3 Å². The molecule has 0 atom stereocenters. The molecule has 0 spiro atoms. The Labute approximate surface area is 145 Å². The van der Waals surface area contributed by atoms with Crippen LogP contribution in [0.2, 0.25) is 0 Å². The number of hydrogen-bond donors (Lipinski definition) is 1. The quantitative estimate of drug-likeness (QED) is 0.826. The zero-order chi connectivity index (χ0) is 18.4. The minimum Gasteiger partial charge on any atom is -0.493 e. The number of hydrogen-bond acceptors (Lipinski definition) is 6. The van der Waals surface area contributed by atoms with Gasteiger partial charge in [-0.1, -0.05) is 5.16 Å². The summed E-state index contributed by atoms with van der Waals surface area (Å²) in [6, 6.07) is 6.73. The van der Waals surface area contributed by atoms with Crippen molar-refractivity contribution < 1.29 is 23.6 Å². The standard InChI is InChI=1S/C17H21N3O5/c1-11-9-16(19-25-11)20(12(2)21)8-7-17(22)18-13-5-6-14(23-3)15(10-13)24-4/h5-6,9-10H,7-8H2,1-4H3,(H,18,22). The maximum absolute atomic E-state index is 12.2. The molecule has 0 fully saturated rings. The number of ether oxygens (including phenoxy) is 2. The molecule has 2 aromatic rings. The summed E-state index contributed by atoms with van der Waals surface area (Å²) in [6.45, 7) is 3.34. The van der Waals surface area contributed by atoms with Crippen LogP contribution in [0.15, 0.2) is 28.8 Å². The highest BCUT2D eigenvalue weighted by molar-refractivity contribution is 5.94. The third kappa shape index (κ3) is 4.72. The van der Waals surface area contributed by atoms with Crippen LogP contribution in [-0.4, -0.2) is 37.7 Å². The normalized spacial score (nSPS) is 10.2. The summed E-state index contributed by atoms with van der Waals surface area (Å²) in [5, 5.41) is 6.57. The Kier molecular flexibility index (Phi) is 5.99. The monoisotopic (exact) mass is 347 g/mol. The number of amides is 2. The van der Waals surface area contributed by atoms with E-state index in [-0.39, 0.29) is 24.8 Å². The number of anilines is 2. The lowest BCUT2D eigenvalue weighted by molar-refractivity contribution is -0.117. The highest BCUT2D eigenvalue weighted by atomic mass is 16.5. The van der Waals surface area contributed by atoms with Crippen LogP contribution >= 0.6 is 0 Å². The average molecular weight is 347 g/mol. The first-order valence-electron chi connectivity index (χ1n) is 7.68. The fourth-order valence-electron chi connectivity index (χ4n) is 2.26. The van der Waals surface area contributed by atoms with Crippen LogP contribution in [0.25, 0.3) is 0 Å². The molecule has 2 amide bonds. The number of nitrogens with zero attached hydrogens (tertiary/aromatic N) is 2. The molecule has 1 aromatic carbocycles. The molecule has 8 nitrogen and oxygen atoms in total. The molecule has 0 saturated heterocycles. The van der Waals surface area contributed by atoms with Gasteiger partial charge in [0.2, 0.25) is 11.8 Å². The van der Waals surface area contributed by atoms with Gasteiger partial charge >= 0.3 is 0 Å². The van der Waals surface area contributed by atoms with Gasteiger partial charge in [-0.3, -0.25) is 14.5 Å². The first kappa shape index (κ1) is 18.3. The van der Waals surface area contributed by atoms with Crippen LogP contribution in [0.5, 0.6) is 11.5 Å². The summed E-state index contributed by atoms with van der Waals surface area (Å²) in [5.74, 6) is 1.62. The van der Waals surface area contributed by atoms with E-state index < -0.39 is 0 Å². The number of rotatable bonds is 7. The molecule has 2 rings (SSSR count). The van der Waals surface area contributed by atoms with Crippen molar-refractivity contribution in [1.82, 2.24) is 5.16 Å². The number of aromatic nitrogens is 1. The second-order valence-electron chi connectivity index (χ2n) is 5.33. The highest BCUT2D eigenvalue weighted by Crippen LogP contribution is 2.29. The Hall–Kier alpha value is -3.03. The number of aryl methyl sites for hydroxylation is 1. The molecule has 0 aliphatic heterocycles.